The average molecular weight is 402 g/mol. The first-order chi connectivity index (χ1) is 14.6. The van der Waals surface area contributed by atoms with E-state index >= 15 is 0 Å². The van der Waals surface area contributed by atoms with E-state index in [4.69, 9.17) is 0 Å². The number of likely N-dealkylation sites (tertiary alicyclic amines) is 1. The first kappa shape index (κ1) is 19.4. The lowest BCUT2D eigenvalue weighted by Gasteiger charge is -2.16. The van der Waals surface area contributed by atoms with E-state index in [-0.39, 0.29) is 23.9 Å². The molecule has 2 heterocycles. The van der Waals surface area contributed by atoms with Gasteiger partial charge in [-0.3, -0.25) is 4.90 Å². The lowest BCUT2D eigenvalue weighted by atomic mass is 9.95. The van der Waals surface area contributed by atoms with Crippen LogP contribution in [0.25, 0.3) is 11.4 Å². The third kappa shape index (κ3) is 3.14. The van der Waals surface area contributed by atoms with Crippen LogP contribution < -0.4 is 0 Å². The molecule has 5 heteroatoms. The molecule has 3 aromatic rings. The van der Waals surface area contributed by atoms with Gasteiger partial charge in [-0.15, -0.1) is 0 Å². The Bertz CT molecular complexity index is 1020. The van der Waals surface area contributed by atoms with Crippen molar-refractivity contribution in [2.45, 2.75) is 25.5 Å². The van der Waals surface area contributed by atoms with Gasteiger partial charge in [0.25, 0.3) is 0 Å². The van der Waals surface area contributed by atoms with Gasteiger partial charge in [0.1, 0.15) is 0 Å². The number of hydrogen-bond acceptors (Lipinski definition) is 5. The van der Waals surface area contributed by atoms with E-state index in [0.29, 0.717) is 13.1 Å². The summed E-state index contributed by atoms with van der Waals surface area (Å²) in [5.41, 5.74) is 4.20. The number of benzene rings is 2. The molecule has 2 fully saturated rings. The van der Waals surface area contributed by atoms with Crippen molar-refractivity contribution in [1.82, 2.24) is 14.9 Å². The lowest BCUT2D eigenvalue weighted by Crippen LogP contribution is -2.23. The molecule has 0 radical (unpaired) electrons. The van der Waals surface area contributed by atoms with Crippen LogP contribution in [0.1, 0.15) is 22.6 Å². The number of aliphatic hydroxyl groups excluding tert-OH is 2. The van der Waals surface area contributed by atoms with E-state index in [1.165, 1.54) is 5.56 Å². The zero-order valence-electron chi connectivity index (χ0n) is 17.1. The molecule has 2 N–H and O–H groups in total. The quantitative estimate of drug-likeness (QED) is 0.688. The first-order valence-electron chi connectivity index (χ1n) is 10.6. The molecular formula is C25H27N3O2. The highest BCUT2D eigenvalue weighted by molar-refractivity contribution is 5.59. The van der Waals surface area contributed by atoms with Gasteiger partial charge in [0.05, 0.1) is 6.10 Å². The summed E-state index contributed by atoms with van der Waals surface area (Å²) in [6.07, 6.45) is 3.33. The highest BCUT2D eigenvalue weighted by Gasteiger charge is 2.70. The predicted octanol–water partition coefficient (Wildman–Crippen LogP) is 3.02. The Morgan fingerprint density at radius 2 is 1.73 bits per heavy atom. The largest absolute Gasteiger partial charge is 0.396 e. The molecule has 5 nitrogen and oxygen atoms in total. The fourth-order valence-electron chi connectivity index (χ4n) is 5.44. The maximum absolute atomic E-state index is 10.9. The summed E-state index contributed by atoms with van der Waals surface area (Å²) >= 11 is 0. The van der Waals surface area contributed by atoms with Crippen molar-refractivity contribution < 1.29 is 10.2 Å². The molecular weight excluding hydrogens is 374 g/mol. The van der Waals surface area contributed by atoms with Crippen molar-refractivity contribution in [3.63, 3.8) is 0 Å². The smallest absolute Gasteiger partial charge is 0.159 e. The minimum atomic E-state index is -0.438. The Morgan fingerprint density at radius 1 is 1.03 bits per heavy atom. The van der Waals surface area contributed by atoms with E-state index < -0.39 is 6.10 Å². The summed E-state index contributed by atoms with van der Waals surface area (Å²) in [6, 6.07) is 18.4. The minimum Gasteiger partial charge on any atom is -0.396 e. The summed E-state index contributed by atoms with van der Waals surface area (Å²) in [6.45, 7) is 4.26. The van der Waals surface area contributed by atoms with E-state index in [0.717, 1.165) is 29.1 Å². The number of nitrogens with zero attached hydrogens (tertiary/aromatic N) is 3. The Balaban J connectivity index is 1.31. The molecule has 1 spiro atoms. The number of hydrogen-bond donors (Lipinski definition) is 2. The summed E-state index contributed by atoms with van der Waals surface area (Å²) in [5.74, 6) is 1.06. The molecule has 1 aromatic heterocycles. The molecule has 4 atom stereocenters. The molecule has 1 saturated carbocycles. The number of aliphatic hydroxyl groups is 2. The number of β-amino-alcohol motifs (C(OH)–C–C–N with tert-alkyl or cyclic N) is 1. The van der Waals surface area contributed by atoms with Gasteiger partial charge in [-0.1, -0.05) is 54.6 Å². The molecule has 0 unspecified atom stereocenters. The van der Waals surface area contributed by atoms with Crippen LogP contribution in [0.3, 0.4) is 0 Å². The summed E-state index contributed by atoms with van der Waals surface area (Å²) in [7, 11) is 0. The number of aromatic nitrogens is 2. The topological polar surface area (TPSA) is 69.5 Å². The monoisotopic (exact) mass is 401 g/mol. The Labute approximate surface area is 177 Å². The van der Waals surface area contributed by atoms with E-state index in [2.05, 4.69) is 40.0 Å². The predicted molar refractivity (Wildman–Crippen MR) is 116 cm³/mol. The SMILES string of the molecule is Cc1ccccc1-c1ncc(CN2C[C@H](O)[C@@]3(C2)[C@H](CO)[C@H]3c2ccccc2)cn1. The highest BCUT2D eigenvalue weighted by atomic mass is 16.3. The van der Waals surface area contributed by atoms with Gasteiger partial charge < -0.3 is 10.2 Å². The lowest BCUT2D eigenvalue weighted by molar-refractivity contribution is 0.111. The molecule has 0 amide bonds. The van der Waals surface area contributed by atoms with Crippen molar-refractivity contribution in [2.24, 2.45) is 11.3 Å². The Kier molecular flexibility index (Phi) is 4.89. The van der Waals surface area contributed by atoms with E-state index in [1.54, 1.807) is 0 Å². The minimum absolute atomic E-state index is 0.110. The molecule has 2 aliphatic rings. The fraction of sp³-hybridized carbons (Fsp3) is 0.360. The van der Waals surface area contributed by atoms with Gasteiger partial charge in [0.2, 0.25) is 0 Å². The van der Waals surface area contributed by atoms with Gasteiger partial charge in [0.15, 0.2) is 5.82 Å². The molecule has 1 aliphatic carbocycles. The van der Waals surface area contributed by atoms with Crippen LogP contribution in [0.15, 0.2) is 67.0 Å². The fourth-order valence-corrected chi connectivity index (χ4v) is 5.44. The summed E-state index contributed by atoms with van der Waals surface area (Å²) in [4.78, 5) is 11.4. The zero-order valence-corrected chi connectivity index (χ0v) is 17.1. The third-order valence-corrected chi connectivity index (χ3v) is 6.96. The molecule has 154 valence electrons. The number of aryl methyl sites for hydroxylation is 1. The van der Waals surface area contributed by atoms with Crippen LogP contribution in [-0.2, 0) is 6.54 Å². The van der Waals surface area contributed by atoms with Gasteiger partial charge in [-0.05, 0) is 29.9 Å². The maximum Gasteiger partial charge on any atom is 0.159 e. The first-order valence-corrected chi connectivity index (χ1v) is 10.6. The molecule has 30 heavy (non-hydrogen) atoms. The second kappa shape index (κ2) is 7.58. The van der Waals surface area contributed by atoms with Gasteiger partial charge in [-0.25, -0.2) is 9.97 Å². The van der Waals surface area contributed by atoms with Gasteiger partial charge in [0, 0.05) is 55.2 Å². The molecule has 1 aliphatic heterocycles. The van der Waals surface area contributed by atoms with Crippen LogP contribution in [0.2, 0.25) is 0 Å². The Hall–Kier alpha value is -2.60. The van der Waals surface area contributed by atoms with Crippen molar-refractivity contribution in [3.8, 4) is 11.4 Å². The molecule has 2 aromatic carbocycles. The summed E-state index contributed by atoms with van der Waals surface area (Å²) < 4.78 is 0. The number of rotatable bonds is 5. The van der Waals surface area contributed by atoms with Crippen LogP contribution in [-0.4, -0.2) is 50.9 Å². The van der Waals surface area contributed by atoms with Gasteiger partial charge >= 0.3 is 0 Å². The van der Waals surface area contributed by atoms with Crippen molar-refractivity contribution >= 4 is 0 Å². The van der Waals surface area contributed by atoms with E-state index in [1.807, 2.05) is 48.8 Å². The van der Waals surface area contributed by atoms with Crippen molar-refractivity contribution in [2.75, 3.05) is 19.7 Å². The standard InChI is InChI=1S/C25H27N3O2/c1-17-7-5-6-10-20(17)24-26-11-18(12-27-24)13-28-14-22(30)25(16-28)21(15-29)23(25)19-8-3-2-4-9-19/h2-12,21-23,29-30H,13-16H2,1H3/t21-,22+,23-,25-/m1/s1. The normalized spacial score (nSPS) is 28.2. The molecule has 0 bridgehead atoms. The molecule has 5 rings (SSSR count). The maximum atomic E-state index is 10.9. The van der Waals surface area contributed by atoms with Crippen molar-refractivity contribution in [1.29, 1.82) is 0 Å². The molecule has 1 saturated heterocycles. The second-order valence-electron chi connectivity index (χ2n) is 8.71. The van der Waals surface area contributed by atoms with Gasteiger partial charge in [-0.2, -0.15) is 0 Å². The van der Waals surface area contributed by atoms with E-state index in [9.17, 15) is 10.2 Å². The summed E-state index contributed by atoms with van der Waals surface area (Å²) in [5, 5.41) is 20.9. The zero-order chi connectivity index (χ0) is 20.7. The third-order valence-electron chi connectivity index (χ3n) is 6.96. The second-order valence-corrected chi connectivity index (χ2v) is 8.71. The average Bonchev–Trinajstić information content (AvgIpc) is 3.32. The van der Waals surface area contributed by atoms with Crippen LogP contribution in [0, 0.1) is 18.3 Å². The van der Waals surface area contributed by atoms with Crippen LogP contribution in [0.4, 0.5) is 0 Å². The van der Waals surface area contributed by atoms with Crippen LogP contribution >= 0.6 is 0 Å². The Morgan fingerprint density at radius 3 is 2.43 bits per heavy atom. The van der Waals surface area contributed by atoms with Crippen molar-refractivity contribution in [3.05, 3.63) is 83.7 Å². The van der Waals surface area contributed by atoms with Crippen LogP contribution in [0.5, 0.6) is 0 Å². The highest BCUT2D eigenvalue weighted by Crippen LogP contribution is 2.68.